The van der Waals surface area contributed by atoms with Crippen molar-refractivity contribution in [3.8, 4) is 11.5 Å². The van der Waals surface area contributed by atoms with E-state index in [0.717, 1.165) is 11.8 Å². The predicted molar refractivity (Wildman–Crippen MR) is 102 cm³/mol. The Hall–Kier alpha value is -3.46. The number of benzene rings is 2. The first-order valence-electron chi connectivity index (χ1n) is 8.13. The minimum Gasteiger partial charge on any atom is -0.423 e. The summed E-state index contributed by atoms with van der Waals surface area (Å²) < 4.78 is 24.2. The highest BCUT2D eigenvalue weighted by atomic mass is 32.2. The number of nitrogens with zero attached hydrogens (tertiary/aromatic N) is 2. The van der Waals surface area contributed by atoms with Gasteiger partial charge in [-0.25, -0.2) is 9.18 Å². The van der Waals surface area contributed by atoms with Crippen LogP contribution in [0.4, 0.5) is 10.1 Å². The Morgan fingerprint density at radius 3 is 2.79 bits per heavy atom. The molecule has 4 rings (SSSR count). The number of carbonyl (C=O) groups is 1. The summed E-state index contributed by atoms with van der Waals surface area (Å²) in [5.41, 5.74) is 0.764. The van der Waals surface area contributed by atoms with E-state index in [1.54, 1.807) is 36.4 Å². The van der Waals surface area contributed by atoms with Gasteiger partial charge in [0.2, 0.25) is 5.91 Å². The molecule has 0 aliphatic carbocycles. The average molecular weight is 397 g/mol. The standard InChI is InChI=1S/C19H12FN3O4S/c20-14-4-2-1-3-13(14)18-22-23-19(27-18)28-10-16(24)21-12-6-7-15-11(9-12)5-8-17(25)26-15/h1-9H,10H2,(H,21,24). The zero-order chi connectivity index (χ0) is 19.5. The Kier molecular flexibility index (Phi) is 4.90. The highest BCUT2D eigenvalue weighted by Gasteiger charge is 2.14. The normalized spacial score (nSPS) is 10.9. The number of carbonyl (C=O) groups excluding carboxylic acids is 1. The molecule has 7 nitrogen and oxygen atoms in total. The number of aromatic nitrogens is 2. The molecule has 0 unspecified atom stereocenters. The van der Waals surface area contributed by atoms with Gasteiger partial charge in [-0.2, -0.15) is 0 Å². The summed E-state index contributed by atoms with van der Waals surface area (Å²) in [6.45, 7) is 0. The minimum absolute atomic E-state index is 0.0286. The summed E-state index contributed by atoms with van der Waals surface area (Å²) in [6.07, 6.45) is 0. The summed E-state index contributed by atoms with van der Waals surface area (Å²) in [5, 5.41) is 11.2. The second-order valence-corrected chi connectivity index (χ2v) is 6.62. The van der Waals surface area contributed by atoms with Crippen LogP contribution in [0.25, 0.3) is 22.4 Å². The molecule has 140 valence electrons. The van der Waals surface area contributed by atoms with Crippen molar-refractivity contribution in [2.75, 3.05) is 11.1 Å². The van der Waals surface area contributed by atoms with E-state index in [1.165, 1.54) is 18.2 Å². The lowest BCUT2D eigenvalue weighted by Gasteiger charge is -2.05. The molecular weight excluding hydrogens is 385 g/mol. The van der Waals surface area contributed by atoms with Crippen LogP contribution in [0.3, 0.4) is 0 Å². The minimum atomic E-state index is -0.465. The van der Waals surface area contributed by atoms with Gasteiger partial charge in [0.1, 0.15) is 11.4 Å². The lowest BCUT2D eigenvalue weighted by atomic mass is 10.2. The number of fused-ring (bicyclic) bond motifs is 1. The lowest BCUT2D eigenvalue weighted by Crippen LogP contribution is -2.14. The molecule has 2 aromatic heterocycles. The van der Waals surface area contributed by atoms with Gasteiger partial charge in [-0.05, 0) is 36.4 Å². The summed E-state index contributed by atoms with van der Waals surface area (Å²) in [4.78, 5) is 23.3. The fraction of sp³-hybridized carbons (Fsp3) is 0.0526. The number of nitrogens with one attached hydrogen (secondary N) is 1. The Morgan fingerprint density at radius 1 is 1.07 bits per heavy atom. The Morgan fingerprint density at radius 2 is 1.93 bits per heavy atom. The fourth-order valence-electron chi connectivity index (χ4n) is 2.49. The number of thioether (sulfide) groups is 1. The fourth-order valence-corrected chi connectivity index (χ4v) is 3.05. The third-order valence-electron chi connectivity index (χ3n) is 3.74. The molecule has 2 aromatic carbocycles. The predicted octanol–water partition coefficient (Wildman–Crippen LogP) is 3.71. The van der Waals surface area contributed by atoms with Gasteiger partial charge < -0.3 is 14.2 Å². The van der Waals surface area contributed by atoms with E-state index in [9.17, 15) is 14.0 Å². The van der Waals surface area contributed by atoms with Crippen LogP contribution in [0.15, 0.2) is 73.4 Å². The molecule has 0 bridgehead atoms. The molecular formula is C19H12FN3O4S. The second kappa shape index (κ2) is 7.65. The molecule has 0 aliphatic rings. The number of halogens is 1. The molecule has 1 amide bonds. The van der Waals surface area contributed by atoms with Gasteiger partial charge in [-0.3, -0.25) is 4.79 Å². The molecule has 28 heavy (non-hydrogen) atoms. The zero-order valence-corrected chi connectivity index (χ0v) is 15.0. The monoisotopic (exact) mass is 397 g/mol. The molecule has 0 radical (unpaired) electrons. The first-order chi connectivity index (χ1) is 13.6. The van der Waals surface area contributed by atoms with Crippen LogP contribution in [-0.2, 0) is 4.79 Å². The molecule has 1 N–H and O–H groups in total. The third-order valence-corrected chi connectivity index (χ3v) is 4.56. The number of hydrogen-bond acceptors (Lipinski definition) is 7. The largest absolute Gasteiger partial charge is 0.423 e. The molecule has 0 saturated carbocycles. The SMILES string of the molecule is O=C(CSc1nnc(-c2ccccc2F)o1)Nc1ccc2oc(=O)ccc2c1. The first-order valence-corrected chi connectivity index (χ1v) is 9.12. The summed E-state index contributed by atoms with van der Waals surface area (Å²) in [5.74, 6) is -0.669. The van der Waals surface area contributed by atoms with E-state index in [1.807, 2.05) is 0 Å². The molecule has 0 saturated heterocycles. The first kappa shape index (κ1) is 17.9. The number of rotatable bonds is 5. The van der Waals surface area contributed by atoms with Crippen molar-refractivity contribution in [2.45, 2.75) is 5.22 Å². The van der Waals surface area contributed by atoms with Gasteiger partial charge in [0, 0.05) is 17.1 Å². The second-order valence-electron chi connectivity index (χ2n) is 5.70. The van der Waals surface area contributed by atoms with Crippen molar-refractivity contribution in [1.29, 1.82) is 0 Å². The quantitative estimate of drug-likeness (QED) is 0.405. The summed E-state index contributed by atoms with van der Waals surface area (Å²) in [7, 11) is 0. The molecule has 9 heteroatoms. The molecule has 2 heterocycles. The molecule has 0 aliphatic heterocycles. The van der Waals surface area contributed by atoms with E-state index >= 15 is 0 Å². The van der Waals surface area contributed by atoms with Crippen LogP contribution in [0.1, 0.15) is 0 Å². The highest BCUT2D eigenvalue weighted by molar-refractivity contribution is 7.99. The Labute approximate surface area is 161 Å². The van der Waals surface area contributed by atoms with Gasteiger partial charge in [0.05, 0.1) is 11.3 Å². The van der Waals surface area contributed by atoms with E-state index in [0.29, 0.717) is 16.7 Å². The summed E-state index contributed by atoms with van der Waals surface area (Å²) in [6, 6.07) is 13.9. The lowest BCUT2D eigenvalue weighted by molar-refractivity contribution is -0.113. The van der Waals surface area contributed by atoms with E-state index in [2.05, 4.69) is 15.5 Å². The van der Waals surface area contributed by atoms with Gasteiger partial charge in [0.25, 0.3) is 11.1 Å². The van der Waals surface area contributed by atoms with Crippen molar-refractivity contribution in [3.05, 3.63) is 70.8 Å². The molecule has 0 fully saturated rings. The summed E-state index contributed by atoms with van der Waals surface area (Å²) >= 11 is 1.04. The number of hydrogen-bond donors (Lipinski definition) is 1. The average Bonchev–Trinajstić information content (AvgIpc) is 3.16. The van der Waals surface area contributed by atoms with Crippen molar-refractivity contribution < 1.29 is 18.0 Å². The zero-order valence-electron chi connectivity index (χ0n) is 14.2. The van der Waals surface area contributed by atoms with E-state index < -0.39 is 11.4 Å². The van der Waals surface area contributed by atoms with Crippen LogP contribution in [0.5, 0.6) is 0 Å². The topological polar surface area (TPSA) is 98.2 Å². The van der Waals surface area contributed by atoms with Crippen LogP contribution in [0, 0.1) is 5.82 Å². The van der Waals surface area contributed by atoms with Gasteiger partial charge in [-0.1, -0.05) is 23.9 Å². The molecule has 0 spiro atoms. The van der Waals surface area contributed by atoms with Crippen molar-refractivity contribution >= 4 is 34.3 Å². The smallest absolute Gasteiger partial charge is 0.336 e. The molecule has 4 aromatic rings. The third kappa shape index (κ3) is 3.94. The number of anilines is 1. The van der Waals surface area contributed by atoms with Gasteiger partial charge >= 0.3 is 5.63 Å². The maximum atomic E-state index is 13.8. The Balaban J connectivity index is 1.39. The molecule has 0 atom stereocenters. The maximum Gasteiger partial charge on any atom is 0.336 e. The number of amides is 1. The van der Waals surface area contributed by atoms with Crippen molar-refractivity contribution in [1.82, 2.24) is 10.2 Å². The Bertz CT molecular complexity index is 1220. The van der Waals surface area contributed by atoms with Gasteiger partial charge in [-0.15, -0.1) is 10.2 Å². The van der Waals surface area contributed by atoms with Crippen LogP contribution in [-0.4, -0.2) is 21.9 Å². The maximum absolute atomic E-state index is 13.8. The van der Waals surface area contributed by atoms with Gasteiger partial charge in [0.15, 0.2) is 0 Å². The van der Waals surface area contributed by atoms with Crippen molar-refractivity contribution in [2.24, 2.45) is 0 Å². The van der Waals surface area contributed by atoms with Crippen LogP contribution in [0.2, 0.25) is 0 Å². The van der Waals surface area contributed by atoms with Crippen molar-refractivity contribution in [3.63, 3.8) is 0 Å². The highest BCUT2D eigenvalue weighted by Crippen LogP contribution is 2.25. The van der Waals surface area contributed by atoms with E-state index in [4.69, 9.17) is 8.83 Å². The van der Waals surface area contributed by atoms with E-state index in [-0.39, 0.29) is 28.3 Å². The van der Waals surface area contributed by atoms with Crippen LogP contribution >= 0.6 is 11.8 Å². The van der Waals surface area contributed by atoms with Crippen LogP contribution < -0.4 is 10.9 Å².